The molecule has 0 amide bonds. The monoisotopic (exact) mass is 198 g/mol. The van der Waals surface area contributed by atoms with Gasteiger partial charge in [0.05, 0.1) is 18.3 Å². The van der Waals surface area contributed by atoms with E-state index in [2.05, 4.69) is 0 Å². The van der Waals surface area contributed by atoms with Gasteiger partial charge in [0, 0.05) is 5.41 Å². The largest absolute Gasteiger partial charge is 0.387 e. The van der Waals surface area contributed by atoms with E-state index < -0.39 is 5.60 Å². The Labute approximate surface area is 86.6 Å². The second kappa shape index (κ2) is 3.49. The zero-order valence-electron chi connectivity index (χ0n) is 9.38. The van der Waals surface area contributed by atoms with Crippen LogP contribution in [0.4, 0.5) is 0 Å². The molecule has 0 heterocycles. The molecule has 14 heavy (non-hydrogen) atoms. The molecule has 1 spiro atoms. The van der Waals surface area contributed by atoms with E-state index in [1.165, 1.54) is 32.1 Å². The van der Waals surface area contributed by atoms with Gasteiger partial charge in [0.1, 0.15) is 0 Å². The molecule has 2 nitrogen and oxygen atoms in total. The van der Waals surface area contributed by atoms with E-state index in [9.17, 15) is 5.11 Å². The predicted octanol–water partition coefficient (Wildman–Crippen LogP) is 2.50. The highest BCUT2D eigenvalue weighted by molar-refractivity contribution is 5.07. The molecule has 1 N–H and O–H groups in total. The van der Waals surface area contributed by atoms with E-state index in [4.69, 9.17) is 4.74 Å². The van der Waals surface area contributed by atoms with Crippen LogP contribution in [0.3, 0.4) is 0 Å². The van der Waals surface area contributed by atoms with Crippen molar-refractivity contribution in [3.8, 4) is 0 Å². The van der Waals surface area contributed by atoms with E-state index in [-0.39, 0.29) is 11.5 Å². The summed E-state index contributed by atoms with van der Waals surface area (Å²) in [6, 6.07) is 0. The highest BCUT2D eigenvalue weighted by atomic mass is 16.5. The quantitative estimate of drug-likeness (QED) is 0.755. The Kier molecular flexibility index (Phi) is 2.61. The lowest BCUT2D eigenvalue weighted by molar-refractivity contribution is -0.153. The Morgan fingerprint density at radius 3 is 2.21 bits per heavy atom. The van der Waals surface area contributed by atoms with E-state index in [0.29, 0.717) is 6.61 Å². The molecule has 2 saturated carbocycles. The standard InChI is InChI=1S/C12H22O2/c1-10(2)14-9-12(13)8-4-7-11(12)5-3-6-11/h10,13H,3-9H2,1-2H3. The fraction of sp³-hybridized carbons (Fsp3) is 1.00. The maximum absolute atomic E-state index is 10.6. The second-order valence-corrected chi connectivity index (χ2v) is 5.38. The topological polar surface area (TPSA) is 29.5 Å². The number of aliphatic hydroxyl groups is 1. The molecule has 0 aliphatic heterocycles. The van der Waals surface area contributed by atoms with E-state index in [0.717, 1.165) is 6.42 Å². The zero-order chi connectivity index (χ0) is 10.2. The summed E-state index contributed by atoms with van der Waals surface area (Å²) in [6.45, 7) is 4.61. The summed E-state index contributed by atoms with van der Waals surface area (Å²) in [5.41, 5.74) is -0.266. The van der Waals surface area contributed by atoms with Crippen molar-refractivity contribution in [1.82, 2.24) is 0 Å². The Bertz CT molecular complexity index is 208. The zero-order valence-corrected chi connectivity index (χ0v) is 9.38. The fourth-order valence-electron chi connectivity index (χ4n) is 3.07. The van der Waals surface area contributed by atoms with Crippen LogP contribution in [0.25, 0.3) is 0 Å². The number of hydrogen-bond acceptors (Lipinski definition) is 2. The van der Waals surface area contributed by atoms with Crippen molar-refractivity contribution in [2.45, 2.75) is 64.1 Å². The van der Waals surface area contributed by atoms with Crippen molar-refractivity contribution in [2.75, 3.05) is 6.61 Å². The predicted molar refractivity (Wildman–Crippen MR) is 56.2 cm³/mol. The molecule has 2 aliphatic rings. The first-order valence-electron chi connectivity index (χ1n) is 5.92. The maximum Gasteiger partial charge on any atom is 0.0936 e. The summed E-state index contributed by atoms with van der Waals surface area (Å²) in [7, 11) is 0. The molecule has 0 aromatic carbocycles. The van der Waals surface area contributed by atoms with Gasteiger partial charge in [0.2, 0.25) is 0 Å². The summed E-state index contributed by atoms with van der Waals surface area (Å²) in [5.74, 6) is 0. The van der Waals surface area contributed by atoms with E-state index >= 15 is 0 Å². The van der Waals surface area contributed by atoms with E-state index in [1.54, 1.807) is 0 Å². The molecule has 2 heteroatoms. The molecule has 0 aromatic rings. The summed E-state index contributed by atoms with van der Waals surface area (Å²) >= 11 is 0. The molecule has 1 atom stereocenters. The van der Waals surface area contributed by atoms with E-state index in [1.807, 2.05) is 13.8 Å². The van der Waals surface area contributed by atoms with Crippen LogP contribution in [0.15, 0.2) is 0 Å². The van der Waals surface area contributed by atoms with Crippen molar-refractivity contribution in [1.29, 1.82) is 0 Å². The summed E-state index contributed by atoms with van der Waals surface area (Å²) < 4.78 is 5.61. The summed E-state index contributed by atoms with van der Waals surface area (Å²) in [4.78, 5) is 0. The number of hydrogen-bond donors (Lipinski definition) is 1. The van der Waals surface area contributed by atoms with Gasteiger partial charge in [-0.05, 0) is 46.0 Å². The molecule has 2 fully saturated rings. The van der Waals surface area contributed by atoms with Gasteiger partial charge in [-0.2, -0.15) is 0 Å². The first-order valence-corrected chi connectivity index (χ1v) is 5.92. The van der Waals surface area contributed by atoms with Crippen LogP contribution in [-0.2, 0) is 4.74 Å². The average Bonchev–Trinajstić information content (AvgIpc) is 2.39. The molecule has 82 valence electrons. The third-order valence-electron chi connectivity index (χ3n) is 4.20. The van der Waals surface area contributed by atoms with Crippen LogP contribution in [0.5, 0.6) is 0 Å². The summed E-state index contributed by atoms with van der Waals surface area (Å²) in [5, 5.41) is 10.6. The molecule has 0 bridgehead atoms. The summed E-state index contributed by atoms with van der Waals surface area (Å²) in [6.07, 6.45) is 7.29. The molecule has 0 saturated heterocycles. The van der Waals surface area contributed by atoms with Gasteiger partial charge in [-0.15, -0.1) is 0 Å². The van der Waals surface area contributed by atoms with Crippen LogP contribution in [0.2, 0.25) is 0 Å². The molecule has 2 aliphatic carbocycles. The number of ether oxygens (including phenoxy) is 1. The highest BCUT2D eigenvalue weighted by Crippen LogP contribution is 2.58. The maximum atomic E-state index is 10.6. The lowest BCUT2D eigenvalue weighted by atomic mass is 9.60. The molecule has 0 aromatic heterocycles. The first-order chi connectivity index (χ1) is 6.58. The lowest BCUT2D eigenvalue weighted by Gasteiger charge is -2.49. The third-order valence-corrected chi connectivity index (χ3v) is 4.20. The van der Waals surface area contributed by atoms with Gasteiger partial charge in [-0.25, -0.2) is 0 Å². The average molecular weight is 198 g/mol. The molecule has 2 rings (SSSR count). The van der Waals surface area contributed by atoms with Crippen molar-refractivity contribution in [3.63, 3.8) is 0 Å². The van der Waals surface area contributed by atoms with Crippen LogP contribution in [-0.4, -0.2) is 23.4 Å². The molecular weight excluding hydrogens is 176 g/mol. The Morgan fingerprint density at radius 1 is 1.14 bits per heavy atom. The fourth-order valence-corrected chi connectivity index (χ4v) is 3.07. The first kappa shape index (κ1) is 10.4. The minimum atomic E-state index is -0.504. The highest BCUT2D eigenvalue weighted by Gasteiger charge is 2.56. The lowest BCUT2D eigenvalue weighted by Crippen LogP contribution is -2.51. The van der Waals surface area contributed by atoms with Gasteiger partial charge < -0.3 is 9.84 Å². The Balaban J connectivity index is 1.99. The minimum Gasteiger partial charge on any atom is -0.387 e. The van der Waals surface area contributed by atoms with Crippen molar-refractivity contribution >= 4 is 0 Å². The number of rotatable bonds is 3. The Morgan fingerprint density at radius 2 is 1.71 bits per heavy atom. The molecule has 0 radical (unpaired) electrons. The van der Waals surface area contributed by atoms with Crippen LogP contribution in [0, 0.1) is 5.41 Å². The SMILES string of the molecule is CC(C)OCC1(O)CCCC12CCC2. The molecular formula is C12H22O2. The van der Waals surface area contributed by atoms with Crippen LogP contribution < -0.4 is 0 Å². The smallest absolute Gasteiger partial charge is 0.0936 e. The second-order valence-electron chi connectivity index (χ2n) is 5.38. The van der Waals surface area contributed by atoms with Gasteiger partial charge in [0.25, 0.3) is 0 Å². The van der Waals surface area contributed by atoms with Crippen LogP contribution in [0.1, 0.15) is 52.4 Å². The van der Waals surface area contributed by atoms with Gasteiger partial charge in [0.15, 0.2) is 0 Å². The van der Waals surface area contributed by atoms with Crippen LogP contribution >= 0.6 is 0 Å². The third kappa shape index (κ3) is 1.49. The van der Waals surface area contributed by atoms with Crippen molar-refractivity contribution < 1.29 is 9.84 Å². The van der Waals surface area contributed by atoms with Crippen molar-refractivity contribution in [3.05, 3.63) is 0 Å². The van der Waals surface area contributed by atoms with Crippen molar-refractivity contribution in [2.24, 2.45) is 5.41 Å². The van der Waals surface area contributed by atoms with Gasteiger partial charge in [-0.1, -0.05) is 6.42 Å². The van der Waals surface area contributed by atoms with Gasteiger partial charge in [-0.3, -0.25) is 0 Å². The van der Waals surface area contributed by atoms with Gasteiger partial charge >= 0.3 is 0 Å². The normalized spacial score (nSPS) is 35.1. The molecule has 1 unspecified atom stereocenters. The minimum absolute atomic E-state index is 0.233. The Hall–Kier alpha value is -0.0800.